The minimum Gasteiger partial charge on any atom is -0.431 e. The Morgan fingerprint density at radius 1 is 1.23 bits per heavy atom. The standard InChI is InChI=1S/C19H17N3O3S/c23-17(12-26-19-21-15-7-1-2-8-16(15)25-19)20-13-5-3-6-14(11-13)22-10-4-9-18(22)24/h1-3,5-8,11H,4,9-10,12H2,(H,20,23). The van der Waals surface area contributed by atoms with E-state index in [0.29, 0.717) is 22.9 Å². The van der Waals surface area contributed by atoms with Gasteiger partial charge in [0.1, 0.15) is 5.52 Å². The van der Waals surface area contributed by atoms with Gasteiger partial charge in [0, 0.05) is 24.3 Å². The first-order valence-corrected chi connectivity index (χ1v) is 9.36. The average molecular weight is 367 g/mol. The van der Waals surface area contributed by atoms with Gasteiger partial charge in [-0.3, -0.25) is 9.59 Å². The molecule has 3 aromatic rings. The topological polar surface area (TPSA) is 75.4 Å². The van der Waals surface area contributed by atoms with Crippen LogP contribution in [0.2, 0.25) is 0 Å². The van der Waals surface area contributed by atoms with E-state index in [1.165, 1.54) is 11.8 Å². The van der Waals surface area contributed by atoms with Gasteiger partial charge in [-0.2, -0.15) is 0 Å². The fourth-order valence-corrected chi connectivity index (χ4v) is 3.55. The summed E-state index contributed by atoms with van der Waals surface area (Å²) in [6.07, 6.45) is 1.45. The molecule has 7 heteroatoms. The quantitative estimate of drug-likeness (QED) is 0.696. The van der Waals surface area contributed by atoms with Gasteiger partial charge in [-0.1, -0.05) is 30.0 Å². The Kier molecular flexibility index (Phi) is 4.62. The Morgan fingerprint density at radius 2 is 2.12 bits per heavy atom. The predicted octanol–water partition coefficient (Wildman–Crippen LogP) is 3.69. The first-order chi connectivity index (χ1) is 12.7. The van der Waals surface area contributed by atoms with Crippen molar-refractivity contribution in [3.8, 4) is 0 Å². The van der Waals surface area contributed by atoms with Crippen LogP contribution in [0.25, 0.3) is 11.1 Å². The molecule has 4 rings (SSSR count). The van der Waals surface area contributed by atoms with Crippen molar-refractivity contribution in [1.29, 1.82) is 0 Å². The third-order valence-corrected chi connectivity index (χ3v) is 4.94. The molecule has 6 nitrogen and oxygen atoms in total. The lowest BCUT2D eigenvalue weighted by Gasteiger charge is -2.16. The molecule has 0 atom stereocenters. The third kappa shape index (κ3) is 3.57. The maximum Gasteiger partial charge on any atom is 0.257 e. The van der Waals surface area contributed by atoms with Crippen LogP contribution in [0.4, 0.5) is 11.4 Å². The first-order valence-electron chi connectivity index (χ1n) is 8.38. The van der Waals surface area contributed by atoms with E-state index in [9.17, 15) is 9.59 Å². The number of hydrogen-bond acceptors (Lipinski definition) is 5. The number of para-hydroxylation sites is 2. The summed E-state index contributed by atoms with van der Waals surface area (Å²) in [6, 6.07) is 14.8. The molecule has 0 spiro atoms. The van der Waals surface area contributed by atoms with Crippen molar-refractivity contribution >= 4 is 46.1 Å². The maximum absolute atomic E-state index is 12.2. The van der Waals surface area contributed by atoms with E-state index < -0.39 is 0 Å². The number of carbonyl (C=O) groups is 2. The number of nitrogens with one attached hydrogen (secondary N) is 1. The largest absolute Gasteiger partial charge is 0.431 e. The molecule has 1 fully saturated rings. The van der Waals surface area contributed by atoms with E-state index in [2.05, 4.69) is 10.3 Å². The van der Waals surface area contributed by atoms with Crippen LogP contribution in [0.15, 0.2) is 58.2 Å². The summed E-state index contributed by atoms with van der Waals surface area (Å²) in [6.45, 7) is 0.726. The number of nitrogens with zero attached hydrogens (tertiary/aromatic N) is 2. The lowest BCUT2D eigenvalue weighted by atomic mass is 10.2. The average Bonchev–Trinajstić information content (AvgIpc) is 3.25. The molecule has 26 heavy (non-hydrogen) atoms. The van der Waals surface area contributed by atoms with Crippen molar-refractivity contribution < 1.29 is 14.0 Å². The minimum atomic E-state index is -0.151. The van der Waals surface area contributed by atoms with E-state index in [0.717, 1.165) is 24.2 Å². The number of rotatable bonds is 5. The smallest absolute Gasteiger partial charge is 0.257 e. The van der Waals surface area contributed by atoms with Gasteiger partial charge >= 0.3 is 0 Å². The van der Waals surface area contributed by atoms with E-state index in [4.69, 9.17) is 4.42 Å². The molecule has 1 aliphatic heterocycles. The number of thioether (sulfide) groups is 1. The Bertz CT molecular complexity index is 936. The Labute approximate surface area is 154 Å². The highest BCUT2D eigenvalue weighted by Gasteiger charge is 2.21. The maximum atomic E-state index is 12.2. The summed E-state index contributed by atoms with van der Waals surface area (Å²) < 4.78 is 5.59. The van der Waals surface area contributed by atoms with Crippen LogP contribution >= 0.6 is 11.8 Å². The molecule has 0 unspecified atom stereocenters. The summed E-state index contributed by atoms with van der Waals surface area (Å²) in [7, 11) is 0. The molecule has 2 amide bonds. The first kappa shape index (κ1) is 16.7. The van der Waals surface area contributed by atoms with E-state index >= 15 is 0 Å². The van der Waals surface area contributed by atoms with E-state index in [1.807, 2.05) is 48.5 Å². The second-order valence-corrected chi connectivity index (χ2v) is 6.91. The van der Waals surface area contributed by atoms with Crippen molar-refractivity contribution in [2.45, 2.75) is 18.1 Å². The number of oxazole rings is 1. The van der Waals surface area contributed by atoms with Crippen LogP contribution in [0.1, 0.15) is 12.8 Å². The molecule has 1 saturated heterocycles. The molecule has 1 aliphatic rings. The number of benzene rings is 2. The van der Waals surface area contributed by atoms with E-state index in [-0.39, 0.29) is 17.6 Å². The highest BCUT2D eigenvalue weighted by molar-refractivity contribution is 7.99. The molecule has 2 aromatic carbocycles. The van der Waals surface area contributed by atoms with Crippen LogP contribution in [0.3, 0.4) is 0 Å². The van der Waals surface area contributed by atoms with Crippen molar-refractivity contribution in [1.82, 2.24) is 4.98 Å². The highest BCUT2D eigenvalue weighted by Crippen LogP contribution is 2.25. The lowest BCUT2D eigenvalue weighted by Crippen LogP contribution is -2.23. The van der Waals surface area contributed by atoms with Gasteiger partial charge < -0.3 is 14.6 Å². The summed E-state index contributed by atoms with van der Waals surface area (Å²) in [5, 5.41) is 3.33. The second-order valence-electron chi connectivity index (χ2n) is 5.98. The Balaban J connectivity index is 1.38. The minimum absolute atomic E-state index is 0.125. The van der Waals surface area contributed by atoms with Crippen molar-refractivity contribution in [2.24, 2.45) is 0 Å². The Morgan fingerprint density at radius 3 is 2.92 bits per heavy atom. The van der Waals surface area contributed by atoms with Gasteiger partial charge in [0.25, 0.3) is 5.22 Å². The van der Waals surface area contributed by atoms with Gasteiger partial charge in [-0.25, -0.2) is 4.98 Å². The zero-order valence-electron chi connectivity index (χ0n) is 14.0. The number of anilines is 2. The zero-order chi connectivity index (χ0) is 17.9. The van der Waals surface area contributed by atoms with Crippen LogP contribution in [0, 0.1) is 0 Å². The number of aromatic nitrogens is 1. The van der Waals surface area contributed by atoms with Crippen LogP contribution in [-0.2, 0) is 9.59 Å². The van der Waals surface area contributed by atoms with Gasteiger partial charge in [-0.15, -0.1) is 0 Å². The van der Waals surface area contributed by atoms with Gasteiger partial charge in [0.2, 0.25) is 11.8 Å². The number of hydrogen-bond donors (Lipinski definition) is 1. The SMILES string of the molecule is O=C(CSc1nc2ccccc2o1)Nc1cccc(N2CCCC2=O)c1. The molecule has 2 heterocycles. The van der Waals surface area contributed by atoms with Crippen molar-refractivity contribution in [3.63, 3.8) is 0 Å². The molecular weight excluding hydrogens is 350 g/mol. The summed E-state index contributed by atoms with van der Waals surface area (Å²) in [5.74, 6) is 0.168. The van der Waals surface area contributed by atoms with Gasteiger partial charge in [0.15, 0.2) is 5.58 Å². The number of carbonyl (C=O) groups excluding carboxylic acids is 2. The molecule has 1 aromatic heterocycles. The normalized spacial score (nSPS) is 14.2. The van der Waals surface area contributed by atoms with Crippen molar-refractivity contribution in [2.75, 3.05) is 22.5 Å². The highest BCUT2D eigenvalue weighted by atomic mass is 32.2. The van der Waals surface area contributed by atoms with Crippen LogP contribution < -0.4 is 10.2 Å². The molecule has 0 aliphatic carbocycles. The van der Waals surface area contributed by atoms with Gasteiger partial charge in [-0.05, 0) is 36.8 Å². The van der Waals surface area contributed by atoms with Gasteiger partial charge in [0.05, 0.1) is 5.75 Å². The molecule has 0 bridgehead atoms. The third-order valence-electron chi connectivity index (χ3n) is 4.12. The molecule has 132 valence electrons. The lowest BCUT2D eigenvalue weighted by molar-refractivity contribution is -0.117. The number of fused-ring (bicyclic) bond motifs is 1. The summed E-state index contributed by atoms with van der Waals surface area (Å²) in [4.78, 5) is 30.2. The summed E-state index contributed by atoms with van der Waals surface area (Å²) >= 11 is 1.25. The molecule has 0 radical (unpaired) electrons. The van der Waals surface area contributed by atoms with Crippen LogP contribution in [-0.4, -0.2) is 29.1 Å². The fourth-order valence-electron chi connectivity index (χ4n) is 2.91. The second kappa shape index (κ2) is 7.21. The molecule has 0 saturated carbocycles. The Hall–Kier alpha value is -2.80. The van der Waals surface area contributed by atoms with Crippen molar-refractivity contribution in [3.05, 3.63) is 48.5 Å². The number of amides is 2. The van der Waals surface area contributed by atoms with E-state index in [1.54, 1.807) is 4.90 Å². The zero-order valence-corrected chi connectivity index (χ0v) is 14.8. The van der Waals surface area contributed by atoms with Crippen LogP contribution in [0.5, 0.6) is 0 Å². The molecule has 1 N–H and O–H groups in total. The predicted molar refractivity (Wildman–Crippen MR) is 101 cm³/mol. The molecular formula is C19H17N3O3S. The summed E-state index contributed by atoms with van der Waals surface area (Å²) in [5.41, 5.74) is 2.97. The monoisotopic (exact) mass is 367 g/mol. The fraction of sp³-hybridized carbons (Fsp3) is 0.211.